The average Bonchev–Trinajstić information content (AvgIpc) is 3.13. The van der Waals surface area contributed by atoms with E-state index in [1.165, 1.54) is 7.11 Å². The number of nitrogens with one attached hydrogen (secondary N) is 1. The van der Waals surface area contributed by atoms with Crippen LogP contribution in [0.3, 0.4) is 0 Å². The molecule has 4 aromatic rings. The van der Waals surface area contributed by atoms with E-state index in [1.54, 1.807) is 37.5 Å². The first-order valence-corrected chi connectivity index (χ1v) is 9.72. The van der Waals surface area contributed by atoms with Gasteiger partial charge in [0.15, 0.2) is 0 Å². The molecule has 4 rings (SSSR count). The Morgan fingerprint density at radius 3 is 2.42 bits per heavy atom. The number of rotatable bonds is 4. The second kappa shape index (κ2) is 7.75. The number of hydrogen-bond acceptors (Lipinski definition) is 6. The molecule has 0 bridgehead atoms. The monoisotopic (exact) mass is 419 g/mol. The third kappa shape index (κ3) is 3.59. The van der Waals surface area contributed by atoms with Crippen LogP contribution in [0, 0.1) is 20.8 Å². The lowest BCUT2D eigenvalue weighted by Gasteiger charge is -2.10. The highest BCUT2D eigenvalue weighted by Crippen LogP contribution is 2.34. The van der Waals surface area contributed by atoms with E-state index in [0.717, 1.165) is 16.5 Å². The van der Waals surface area contributed by atoms with Gasteiger partial charge in [0, 0.05) is 11.1 Å². The first-order chi connectivity index (χ1) is 14.8. The van der Waals surface area contributed by atoms with Crippen LogP contribution in [0.5, 0.6) is 0 Å². The normalized spacial score (nSPS) is 11.1. The Morgan fingerprint density at radius 2 is 1.74 bits per heavy atom. The Bertz CT molecular complexity index is 1390. The van der Waals surface area contributed by atoms with Gasteiger partial charge in [0.2, 0.25) is 5.91 Å². The fourth-order valence-electron chi connectivity index (χ4n) is 3.85. The number of esters is 1. The number of aryl methyl sites for hydroxylation is 3. The third-order valence-corrected chi connectivity index (χ3v) is 5.39. The number of amides is 1. The highest BCUT2D eigenvalue weighted by atomic mass is 16.5. The minimum Gasteiger partial charge on any atom is -0.465 e. The molecule has 0 aliphatic rings. The van der Waals surface area contributed by atoms with Crippen LogP contribution in [0.2, 0.25) is 0 Å². The van der Waals surface area contributed by atoms with Gasteiger partial charge in [-0.25, -0.2) is 9.59 Å². The second-order valence-corrected chi connectivity index (χ2v) is 7.48. The van der Waals surface area contributed by atoms with Crippen LogP contribution in [-0.2, 0) is 16.0 Å². The Balaban J connectivity index is 1.67. The van der Waals surface area contributed by atoms with E-state index in [1.807, 2.05) is 19.9 Å². The predicted octanol–water partition coefficient (Wildman–Crippen LogP) is 4.43. The number of carbonyl (C=O) groups is 2. The molecule has 7 heteroatoms. The first kappa shape index (κ1) is 20.4. The molecule has 0 aliphatic heterocycles. The summed E-state index contributed by atoms with van der Waals surface area (Å²) in [6, 6.07) is 8.11. The van der Waals surface area contributed by atoms with Gasteiger partial charge < -0.3 is 18.9 Å². The van der Waals surface area contributed by atoms with Crippen LogP contribution in [0.4, 0.5) is 5.69 Å². The fraction of sp³-hybridized carbons (Fsp3) is 0.208. The Hall–Kier alpha value is -3.87. The Morgan fingerprint density at radius 1 is 1.03 bits per heavy atom. The van der Waals surface area contributed by atoms with Gasteiger partial charge in [-0.2, -0.15) is 0 Å². The van der Waals surface area contributed by atoms with Crippen molar-refractivity contribution in [2.45, 2.75) is 27.2 Å². The molecular weight excluding hydrogens is 398 g/mol. The smallest absolute Gasteiger partial charge is 0.340 e. The summed E-state index contributed by atoms with van der Waals surface area (Å²) in [4.78, 5) is 36.8. The van der Waals surface area contributed by atoms with Gasteiger partial charge in [-0.1, -0.05) is 0 Å². The zero-order valence-electron chi connectivity index (χ0n) is 17.6. The maximum Gasteiger partial charge on any atom is 0.340 e. The Labute approximate surface area is 177 Å². The number of methoxy groups -OCH3 is 1. The molecule has 0 spiro atoms. The number of furan rings is 1. The van der Waals surface area contributed by atoms with Crippen LogP contribution >= 0.6 is 0 Å². The van der Waals surface area contributed by atoms with Gasteiger partial charge in [-0.3, -0.25) is 4.79 Å². The molecule has 0 fully saturated rings. The van der Waals surface area contributed by atoms with E-state index in [-0.39, 0.29) is 17.9 Å². The second-order valence-electron chi connectivity index (χ2n) is 7.48. The van der Waals surface area contributed by atoms with Crippen LogP contribution in [0.1, 0.15) is 32.6 Å². The number of carbonyl (C=O) groups excluding carboxylic acids is 2. The zero-order chi connectivity index (χ0) is 22.3. The lowest BCUT2D eigenvalue weighted by molar-refractivity contribution is -0.115. The van der Waals surface area contributed by atoms with Crippen molar-refractivity contribution < 1.29 is 23.2 Å². The van der Waals surface area contributed by atoms with Gasteiger partial charge in [-0.15, -0.1) is 0 Å². The summed E-state index contributed by atoms with van der Waals surface area (Å²) in [5.74, 6) is -0.837. The van der Waals surface area contributed by atoms with Gasteiger partial charge in [-0.05, 0) is 67.8 Å². The average molecular weight is 419 g/mol. The van der Waals surface area contributed by atoms with Crippen molar-refractivity contribution >= 4 is 39.5 Å². The summed E-state index contributed by atoms with van der Waals surface area (Å²) < 4.78 is 15.9. The van der Waals surface area contributed by atoms with E-state index in [2.05, 4.69) is 10.1 Å². The molecule has 0 unspecified atom stereocenters. The van der Waals surface area contributed by atoms with E-state index < -0.39 is 11.6 Å². The quantitative estimate of drug-likeness (QED) is 0.388. The lowest BCUT2D eigenvalue weighted by Crippen LogP contribution is -2.20. The lowest BCUT2D eigenvalue weighted by atomic mass is 9.98. The molecule has 158 valence electrons. The molecule has 1 N–H and O–H groups in total. The van der Waals surface area contributed by atoms with E-state index >= 15 is 0 Å². The van der Waals surface area contributed by atoms with Crippen molar-refractivity contribution in [3.8, 4) is 0 Å². The molecule has 1 amide bonds. The summed E-state index contributed by atoms with van der Waals surface area (Å²) >= 11 is 0. The molecule has 2 aromatic heterocycles. The molecule has 0 radical (unpaired) electrons. The van der Waals surface area contributed by atoms with Crippen molar-refractivity contribution in [1.29, 1.82) is 0 Å². The molecule has 0 saturated carbocycles. The van der Waals surface area contributed by atoms with Crippen LogP contribution in [0.15, 0.2) is 50.2 Å². The molecular formula is C24H21NO6. The number of fused-ring (bicyclic) bond motifs is 3. The number of hydrogen-bond donors (Lipinski definition) is 1. The highest BCUT2D eigenvalue weighted by Gasteiger charge is 2.20. The van der Waals surface area contributed by atoms with Crippen molar-refractivity contribution in [3.05, 3.63) is 74.8 Å². The standard InChI is InChI=1S/C24H21NO6/c1-12-9-18-21(22-20(12)13(2)11-30-22)14(3)17(24(28)31-18)10-19(26)25-16-7-5-15(6-8-16)23(27)29-4/h5-9,11H,10H2,1-4H3,(H,25,26). The van der Waals surface area contributed by atoms with Crippen molar-refractivity contribution in [2.75, 3.05) is 12.4 Å². The molecule has 0 atom stereocenters. The Kier molecular flexibility index (Phi) is 5.10. The molecule has 7 nitrogen and oxygen atoms in total. The van der Waals surface area contributed by atoms with Crippen molar-refractivity contribution in [1.82, 2.24) is 0 Å². The topological polar surface area (TPSA) is 98.8 Å². The summed E-state index contributed by atoms with van der Waals surface area (Å²) in [6.45, 7) is 5.69. The maximum atomic E-state index is 12.6. The minimum atomic E-state index is -0.553. The van der Waals surface area contributed by atoms with Crippen LogP contribution < -0.4 is 10.9 Å². The van der Waals surface area contributed by atoms with Crippen molar-refractivity contribution in [2.24, 2.45) is 0 Å². The highest BCUT2D eigenvalue weighted by molar-refractivity contribution is 6.07. The van der Waals surface area contributed by atoms with E-state index in [9.17, 15) is 14.4 Å². The number of ether oxygens (including phenoxy) is 1. The summed E-state index contributed by atoms with van der Waals surface area (Å²) in [5.41, 5.74) is 4.28. The number of anilines is 1. The maximum absolute atomic E-state index is 12.6. The summed E-state index contributed by atoms with van der Waals surface area (Å²) in [7, 11) is 1.30. The zero-order valence-corrected chi connectivity index (χ0v) is 17.6. The molecule has 2 heterocycles. The van der Waals surface area contributed by atoms with Crippen molar-refractivity contribution in [3.63, 3.8) is 0 Å². The molecule has 0 aliphatic carbocycles. The van der Waals surface area contributed by atoms with Crippen LogP contribution in [-0.4, -0.2) is 19.0 Å². The number of benzene rings is 2. The van der Waals surface area contributed by atoms with Gasteiger partial charge in [0.1, 0.15) is 11.2 Å². The molecule has 0 saturated heterocycles. The largest absolute Gasteiger partial charge is 0.465 e. The minimum absolute atomic E-state index is 0.155. The predicted molar refractivity (Wildman–Crippen MR) is 117 cm³/mol. The van der Waals surface area contributed by atoms with Gasteiger partial charge in [0.25, 0.3) is 0 Å². The SMILES string of the molecule is COC(=O)c1ccc(NC(=O)Cc2c(C)c3c(cc(C)c4c(C)coc43)oc2=O)cc1. The van der Waals surface area contributed by atoms with E-state index in [4.69, 9.17) is 8.83 Å². The van der Waals surface area contributed by atoms with E-state index in [0.29, 0.717) is 33.4 Å². The van der Waals surface area contributed by atoms with Crippen LogP contribution in [0.25, 0.3) is 21.9 Å². The van der Waals surface area contributed by atoms with Gasteiger partial charge in [0.05, 0.1) is 36.3 Å². The molecule has 31 heavy (non-hydrogen) atoms. The first-order valence-electron chi connectivity index (χ1n) is 9.72. The summed E-state index contributed by atoms with van der Waals surface area (Å²) in [5, 5.41) is 4.40. The molecule has 2 aromatic carbocycles. The fourth-order valence-corrected chi connectivity index (χ4v) is 3.85. The van der Waals surface area contributed by atoms with Gasteiger partial charge >= 0.3 is 11.6 Å². The third-order valence-electron chi connectivity index (χ3n) is 5.39. The summed E-state index contributed by atoms with van der Waals surface area (Å²) in [6.07, 6.45) is 1.52.